The topological polar surface area (TPSA) is 116 Å². The van der Waals surface area contributed by atoms with Crippen molar-refractivity contribution in [3.63, 3.8) is 0 Å². The molecule has 0 bridgehead atoms. The number of hydrogen-bond acceptors (Lipinski definition) is 9. The molecule has 0 aliphatic heterocycles. The van der Waals surface area contributed by atoms with Gasteiger partial charge in [0.25, 0.3) is 0 Å². The zero-order chi connectivity index (χ0) is 85.3. The minimum absolute atomic E-state index is 0.959. The average molecular weight is 1610 g/mol. The molecule has 0 aliphatic rings. The molecular formula is C116H91N9. The number of aryl methyl sites for hydroxylation is 3. The van der Waals surface area contributed by atoms with Crippen LogP contribution in [-0.4, -0.2) is 44.9 Å². The van der Waals surface area contributed by atoms with E-state index in [9.17, 15) is 0 Å². The molecule has 20 rings (SSSR count). The summed E-state index contributed by atoms with van der Waals surface area (Å²) in [5.74, 6) is 0. The molecule has 9 aromatic heterocycles. The van der Waals surface area contributed by atoms with Gasteiger partial charge in [0.05, 0.1) is 28.5 Å². The van der Waals surface area contributed by atoms with Crippen molar-refractivity contribution in [1.82, 2.24) is 44.9 Å². The number of nitrogens with zero attached hydrogens (tertiary/aromatic N) is 9. The zero-order valence-electron chi connectivity index (χ0n) is 70.4. The molecule has 11 aromatic carbocycles. The van der Waals surface area contributed by atoms with Crippen LogP contribution in [0.25, 0.3) is 168 Å². The summed E-state index contributed by atoms with van der Waals surface area (Å²) in [6.07, 6.45) is 24.1. The van der Waals surface area contributed by atoms with Crippen LogP contribution in [0.2, 0.25) is 0 Å². The molecule has 0 radical (unpaired) electrons. The van der Waals surface area contributed by atoms with Crippen molar-refractivity contribution >= 4 is 0 Å². The van der Waals surface area contributed by atoms with Gasteiger partial charge in [0.1, 0.15) is 0 Å². The summed E-state index contributed by atoms with van der Waals surface area (Å²) in [5.41, 5.74) is 40.6. The predicted molar refractivity (Wildman–Crippen MR) is 518 cm³/mol. The van der Waals surface area contributed by atoms with Crippen molar-refractivity contribution in [1.29, 1.82) is 0 Å². The molecule has 0 unspecified atom stereocenters. The second kappa shape index (κ2) is 40.7. The van der Waals surface area contributed by atoms with Gasteiger partial charge in [-0.3, -0.25) is 44.9 Å². The molecule has 0 fully saturated rings. The van der Waals surface area contributed by atoms with Gasteiger partial charge < -0.3 is 0 Å². The van der Waals surface area contributed by atoms with Crippen LogP contribution in [0.3, 0.4) is 0 Å². The predicted octanol–water partition coefficient (Wildman–Crippen LogP) is 29.5. The lowest BCUT2D eigenvalue weighted by atomic mass is 9.87. The number of rotatable bonds is 15. The Balaban J connectivity index is 0.000000115. The van der Waals surface area contributed by atoms with Gasteiger partial charge in [-0.05, 0) is 261 Å². The SMILES string of the molecule is Cc1c(-c2ccccc2)ccc(-c2ccccn2)c1-c1ccccn1.Cc1c(-c2ccccc2)ccc(-c2cccnc2)c1-c1cccnc1.Cc1cc(-c2ccccc2)cc(-c2ccccn2)c1-c1ccccc1.Cc1cc(-c2ccccn2)c(-c2ccccn2)cc1-c1ccccc1.Cc1cc(-c2cccnc2)c(-c2cccnc2)cc1-c1ccccc1. The highest BCUT2D eigenvalue weighted by molar-refractivity contribution is 5.94. The summed E-state index contributed by atoms with van der Waals surface area (Å²) in [7, 11) is 0. The molecule has 600 valence electrons. The lowest BCUT2D eigenvalue weighted by Crippen LogP contribution is -1.95. The molecule has 0 aliphatic carbocycles. The quantitative estimate of drug-likeness (QED) is 0.0989. The Morgan fingerprint density at radius 3 is 0.840 bits per heavy atom. The van der Waals surface area contributed by atoms with E-state index in [2.05, 4.69) is 328 Å². The Morgan fingerprint density at radius 1 is 0.144 bits per heavy atom. The number of benzene rings is 11. The van der Waals surface area contributed by atoms with Gasteiger partial charge >= 0.3 is 0 Å². The van der Waals surface area contributed by atoms with Gasteiger partial charge in [-0.25, -0.2) is 0 Å². The fourth-order valence-electron chi connectivity index (χ4n) is 16.1. The molecule has 125 heavy (non-hydrogen) atoms. The molecule has 0 saturated carbocycles. The minimum Gasteiger partial charge on any atom is -0.264 e. The maximum absolute atomic E-state index is 4.61. The van der Waals surface area contributed by atoms with Crippen molar-refractivity contribution in [2.75, 3.05) is 0 Å². The molecule has 0 N–H and O–H groups in total. The van der Waals surface area contributed by atoms with E-state index >= 15 is 0 Å². The molecule has 9 heteroatoms. The summed E-state index contributed by atoms with van der Waals surface area (Å²) < 4.78 is 0. The number of hydrogen-bond donors (Lipinski definition) is 0. The Hall–Kier alpha value is -16.2. The van der Waals surface area contributed by atoms with Crippen molar-refractivity contribution in [3.8, 4) is 168 Å². The van der Waals surface area contributed by atoms with Gasteiger partial charge in [-0.1, -0.05) is 273 Å². The highest BCUT2D eigenvalue weighted by Gasteiger charge is 2.21. The second-order valence-corrected chi connectivity index (χ2v) is 30.2. The van der Waals surface area contributed by atoms with Crippen LogP contribution in [0.1, 0.15) is 27.8 Å². The fourth-order valence-corrected chi connectivity index (χ4v) is 16.1. The Kier molecular flexibility index (Phi) is 26.8. The molecule has 0 saturated heterocycles. The normalized spacial score (nSPS) is 10.6. The first kappa shape index (κ1) is 82.5. The summed E-state index contributed by atoms with van der Waals surface area (Å²) >= 11 is 0. The third-order valence-corrected chi connectivity index (χ3v) is 22.1. The minimum atomic E-state index is 0.959. The number of pyridine rings is 9. The molecule has 0 spiro atoms. The van der Waals surface area contributed by atoms with E-state index in [1.54, 1.807) is 18.6 Å². The first-order valence-corrected chi connectivity index (χ1v) is 41.9. The van der Waals surface area contributed by atoms with Crippen LogP contribution in [0.5, 0.6) is 0 Å². The maximum Gasteiger partial charge on any atom is 0.0711 e. The van der Waals surface area contributed by atoms with E-state index in [4.69, 9.17) is 0 Å². The Morgan fingerprint density at radius 2 is 0.440 bits per heavy atom. The monoisotopic (exact) mass is 1610 g/mol. The third kappa shape index (κ3) is 20.0. The van der Waals surface area contributed by atoms with Crippen LogP contribution < -0.4 is 0 Å². The number of aromatic nitrogens is 9. The van der Waals surface area contributed by atoms with Gasteiger partial charge in [-0.15, -0.1) is 0 Å². The average Bonchev–Trinajstić information content (AvgIpc) is 0.813. The maximum atomic E-state index is 4.61. The molecule has 0 amide bonds. The highest BCUT2D eigenvalue weighted by Crippen LogP contribution is 2.44. The van der Waals surface area contributed by atoms with Crippen molar-refractivity contribution in [2.24, 2.45) is 0 Å². The van der Waals surface area contributed by atoms with E-state index in [1.807, 2.05) is 195 Å². The van der Waals surface area contributed by atoms with Crippen LogP contribution in [0, 0.1) is 34.6 Å². The van der Waals surface area contributed by atoms with Gasteiger partial charge in [-0.2, -0.15) is 0 Å². The first-order chi connectivity index (χ1) is 61.7. The van der Waals surface area contributed by atoms with Gasteiger partial charge in [0.2, 0.25) is 0 Å². The Labute approximate surface area is 732 Å². The lowest BCUT2D eigenvalue weighted by Gasteiger charge is -2.17. The second-order valence-electron chi connectivity index (χ2n) is 30.2. The van der Waals surface area contributed by atoms with Crippen molar-refractivity contribution < 1.29 is 0 Å². The fraction of sp³-hybridized carbons (Fsp3) is 0.0431. The summed E-state index contributed by atoms with van der Waals surface area (Å²) in [4.78, 5) is 40.1. The summed E-state index contributed by atoms with van der Waals surface area (Å²) in [6, 6.07) is 132. The molecule has 9 heterocycles. The van der Waals surface area contributed by atoms with E-state index in [0.717, 1.165) is 73.0 Å². The van der Waals surface area contributed by atoms with Crippen LogP contribution in [-0.2, 0) is 0 Å². The van der Waals surface area contributed by atoms with Crippen molar-refractivity contribution in [3.05, 3.63) is 491 Å². The third-order valence-electron chi connectivity index (χ3n) is 22.1. The molecular weight excluding hydrogens is 1520 g/mol. The van der Waals surface area contributed by atoms with Crippen molar-refractivity contribution in [2.45, 2.75) is 34.6 Å². The summed E-state index contributed by atoms with van der Waals surface area (Å²) in [6.45, 7) is 10.8. The first-order valence-electron chi connectivity index (χ1n) is 41.9. The van der Waals surface area contributed by atoms with Crippen LogP contribution >= 0.6 is 0 Å². The standard InChI is InChI=1S/C24H19N.4C23H18N2/c1-18-16-21(19-10-4-2-5-11-19)17-22(23-14-8-9-15-25-23)24(18)20-12-6-3-7-13-20;1-17-19(18-9-3-2-4-10-18)13-14-20(21-11-5-7-15-24-21)23(17)22-12-6-8-16-25-22;1-17-15-20(22-11-5-7-13-24-22)21(23-12-6-8-14-25-23)16-19(17)18-9-3-2-4-10-18;1-17-21(18-7-3-2-4-8-18)11-12-22(19-9-5-13-24-15-19)23(17)20-10-6-14-25-16-20;1-17-13-22(19-9-5-11-24-15-19)23(20-10-6-12-25-16-20)14-21(17)18-7-3-2-4-8-18/h2-17H,1H3;4*2-16H,1H3. The van der Waals surface area contributed by atoms with Gasteiger partial charge in [0, 0.05) is 131 Å². The van der Waals surface area contributed by atoms with Crippen LogP contribution in [0.4, 0.5) is 0 Å². The smallest absolute Gasteiger partial charge is 0.0711 e. The highest BCUT2D eigenvalue weighted by atomic mass is 14.7. The molecule has 9 nitrogen and oxygen atoms in total. The van der Waals surface area contributed by atoms with E-state index in [0.29, 0.717) is 0 Å². The Bertz CT molecular complexity index is 6350. The lowest BCUT2D eigenvalue weighted by molar-refractivity contribution is 1.28. The summed E-state index contributed by atoms with van der Waals surface area (Å²) in [5, 5.41) is 0. The zero-order valence-corrected chi connectivity index (χ0v) is 70.4. The van der Waals surface area contributed by atoms with E-state index in [1.165, 1.54) is 122 Å². The largest absolute Gasteiger partial charge is 0.264 e. The van der Waals surface area contributed by atoms with Gasteiger partial charge in [0.15, 0.2) is 0 Å². The molecule has 20 aromatic rings. The van der Waals surface area contributed by atoms with Crippen LogP contribution in [0.15, 0.2) is 463 Å². The molecule has 0 atom stereocenters. The van der Waals surface area contributed by atoms with E-state index < -0.39 is 0 Å². The van der Waals surface area contributed by atoms with E-state index in [-0.39, 0.29) is 0 Å².